The lowest BCUT2D eigenvalue weighted by atomic mass is 9.91. The molecule has 1 amide bonds. The van der Waals surface area contributed by atoms with Crippen molar-refractivity contribution < 1.29 is 4.79 Å². The average Bonchev–Trinajstić information content (AvgIpc) is 3.17. The molecule has 28 heavy (non-hydrogen) atoms. The van der Waals surface area contributed by atoms with Crippen LogP contribution in [0.3, 0.4) is 0 Å². The molecule has 5 nitrogen and oxygen atoms in total. The van der Waals surface area contributed by atoms with Crippen molar-refractivity contribution in [2.45, 2.75) is 38.8 Å². The summed E-state index contributed by atoms with van der Waals surface area (Å²) < 4.78 is 1.86. The second-order valence-corrected chi connectivity index (χ2v) is 8.03. The summed E-state index contributed by atoms with van der Waals surface area (Å²) in [5, 5.41) is 5.16. The van der Waals surface area contributed by atoms with Gasteiger partial charge in [-0.15, -0.1) is 0 Å². The highest BCUT2D eigenvalue weighted by molar-refractivity contribution is 6.30. The monoisotopic (exact) mass is 394 g/mol. The Hall–Kier alpha value is -2.66. The molecular weight excluding hydrogens is 372 g/mol. The predicted molar refractivity (Wildman–Crippen MR) is 110 cm³/mol. The van der Waals surface area contributed by atoms with Crippen molar-refractivity contribution in [2.75, 3.05) is 4.90 Å². The highest BCUT2D eigenvalue weighted by Crippen LogP contribution is 2.42. The number of carbonyl (C=O) groups is 1. The molecule has 0 fully saturated rings. The van der Waals surface area contributed by atoms with Gasteiger partial charge in [-0.2, -0.15) is 10.1 Å². The van der Waals surface area contributed by atoms with E-state index in [9.17, 15) is 4.79 Å². The SMILES string of the molecule is CC(C)CC(=O)N1c2ncnn2[C@H](c2ccc(Cl)cc2)C[C@@H]1c1ccccc1. The van der Waals surface area contributed by atoms with E-state index in [1.165, 1.54) is 6.33 Å². The third-order valence-electron chi connectivity index (χ3n) is 5.11. The van der Waals surface area contributed by atoms with Crippen LogP contribution in [-0.4, -0.2) is 20.7 Å². The largest absolute Gasteiger partial charge is 0.274 e. The van der Waals surface area contributed by atoms with Gasteiger partial charge < -0.3 is 0 Å². The minimum Gasteiger partial charge on any atom is -0.274 e. The topological polar surface area (TPSA) is 51.0 Å². The van der Waals surface area contributed by atoms with Gasteiger partial charge in [0.05, 0.1) is 12.1 Å². The minimum atomic E-state index is -0.0928. The molecule has 144 valence electrons. The second kappa shape index (κ2) is 7.76. The molecule has 0 N–H and O–H groups in total. The van der Waals surface area contributed by atoms with Crippen LogP contribution in [0.4, 0.5) is 5.95 Å². The Labute approximate surface area is 170 Å². The average molecular weight is 395 g/mol. The number of nitrogens with zero attached hydrogens (tertiary/aromatic N) is 4. The van der Waals surface area contributed by atoms with E-state index < -0.39 is 0 Å². The quantitative estimate of drug-likeness (QED) is 0.622. The van der Waals surface area contributed by atoms with E-state index in [0.29, 0.717) is 17.4 Å². The molecule has 1 aromatic heterocycles. The van der Waals surface area contributed by atoms with Crippen LogP contribution >= 0.6 is 11.6 Å². The Kier molecular flexibility index (Phi) is 5.18. The number of fused-ring (bicyclic) bond motifs is 1. The number of hydrogen-bond donors (Lipinski definition) is 0. The maximum atomic E-state index is 13.2. The van der Waals surface area contributed by atoms with Gasteiger partial charge in [-0.05, 0) is 35.6 Å². The number of hydrogen-bond acceptors (Lipinski definition) is 3. The molecule has 0 unspecified atom stereocenters. The first-order chi connectivity index (χ1) is 13.5. The first-order valence-electron chi connectivity index (χ1n) is 9.56. The predicted octanol–water partition coefficient (Wildman–Crippen LogP) is 5.05. The first kappa shape index (κ1) is 18.7. The van der Waals surface area contributed by atoms with E-state index in [1.54, 1.807) is 0 Å². The van der Waals surface area contributed by atoms with Crippen molar-refractivity contribution in [3.05, 3.63) is 77.1 Å². The Bertz CT molecular complexity index is 952. The van der Waals surface area contributed by atoms with Crippen molar-refractivity contribution >= 4 is 23.5 Å². The lowest BCUT2D eigenvalue weighted by Gasteiger charge is -2.39. The summed E-state index contributed by atoms with van der Waals surface area (Å²) in [6.07, 6.45) is 2.73. The molecule has 0 spiro atoms. The van der Waals surface area contributed by atoms with E-state index in [-0.39, 0.29) is 23.9 Å². The zero-order chi connectivity index (χ0) is 19.7. The van der Waals surface area contributed by atoms with E-state index in [4.69, 9.17) is 11.6 Å². The summed E-state index contributed by atoms with van der Waals surface area (Å²) in [6.45, 7) is 4.11. The van der Waals surface area contributed by atoms with Gasteiger partial charge in [0, 0.05) is 11.4 Å². The van der Waals surface area contributed by atoms with Gasteiger partial charge in [0.2, 0.25) is 11.9 Å². The molecule has 0 saturated heterocycles. The fourth-order valence-electron chi connectivity index (χ4n) is 3.85. The fourth-order valence-corrected chi connectivity index (χ4v) is 3.97. The molecule has 0 radical (unpaired) electrons. The van der Waals surface area contributed by atoms with Gasteiger partial charge in [-0.3, -0.25) is 9.69 Å². The van der Waals surface area contributed by atoms with Crippen LogP contribution < -0.4 is 4.90 Å². The summed E-state index contributed by atoms with van der Waals surface area (Å²) in [5.41, 5.74) is 2.21. The number of amides is 1. The highest BCUT2D eigenvalue weighted by atomic mass is 35.5. The van der Waals surface area contributed by atoms with Gasteiger partial charge in [-0.25, -0.2) is 4.68 Å². The maximum Gasteiger partial charge on any atom is 0.231 e. The number of anilines is 1. The van der Waals surface area contributed by atoms with Crippen LogP contribution in [-0.2, 0) is 4.79 Å². The maximum absolute atomic E-state index is 13.2. The molecule has 4 rings (SSSR count). The van der Waals surface area contributed by atoms with Crippen LogP contribution in [0.25, 0.3) is 0 Å². The van der Waals surface area contributed by atoms with E-state index in [2.05, 4.69) is 36.1 Å². The van der Waals surface area contributed by atoms with Crippen LogP contribution in [0.1, 0.15) is 49.9 Å². The van der Waals surface area contributed by atoms with Crippen molar-refractivity contribution in [2.24, 2.45) is 5.92 Å². The summed E-state index contributed by atoms with van der Waals surface area (Å²) in [6, 6.07) is 17.9. The molecule has 0 saturated carbocycles. The van der Waals surface area contributed by atoms with Gasteiger partial charge in [-0.1, -0.05) is 67.9 Å². The number of rotatable bonds is 4. The van der Waals surface area contributed by atoms with E-state index in [1.807, 2.05) is 52.0 Å². The zero-order valence-electron chi connectivity index (χ0n) is 16.0. The lowest BCUT2D eigenvalue weighted by Crippen LogP contribution is -2.43. The standard InChI is InChI=1S/C22H23ClN4O/c1-15(2)12-21(28)26-19(16-6-4-3-5-7-16)13-20(27-22(26)24-14-25-27)17-8-10-18(23)11-9-17/h3-11,14-15,19-20H,12-13H2,1-2H3/t19-,20+/m1/s1. The lowest BCUT2D eigenvalue weighted by molar-refractivity contribution is -0.120. The number of benzene rings is 2. The molecule has 2 aromatic carbocycles. The Balaban J connectivity index is 1.81. The van der Waals surface area contributed by atoms with E-state index in [0.717, 1.165) is 17.5 Å². The molecule has 1 aliphatic heterocycles. The molecule has 1 aliphatic rings. The zero-order valence-corrected chi connectivity index (χ0v) is 16.8. The van der Waals surface area contributed by atoms with Gasteiger partial charge in [0.25, 0.3) is 0 Å². The molecule has 2 heterocycles. The minimum absolute atomic E-state index is 0.0110. The molecule has 0 bridgehead atoms. The normalized spacial score (nSPS) is 18.9. The number of halogens is 1. The van der Waals surface area contributed by atoms with Gasteiger partial charge in [0.1, 0.15) is 6.33 Å². The van der Waals surface area contributed by atoms with Crippen LogP contribution in [0.5, 0.6) is 0 Å². The van der Waals surface area contributed by atoms with Gasteiger partial charge in [0.15, 0.2) is 0 Å². The molecule has 0 aliphatic carbocycles. The smallest absolute Gasteiger partial charge is 0.231 e. The second-order valence-electron chi connectivity index (χ2n) is 7.60. The van der Waals surface area contributed by atoms with Crippen molar-refractivity contribution in [1.82, 2.24) is 14.8 Å². The van der Waals surface area contributed by atoms with Gasteiger partial charge >= 0.3 is 0 Å². The molecule has 3 aromatic rings. The van der Waals surface area contributed by atoms with Crippen molar-refractivity contribution in [1.29, 1.82) is 0 Å². The first-order valence-corrected chi connectivity index (χ1v) is 9.94. The third kappa shape index (κ3) is 3.54. The highest BCUT2D eigenvalue weighted by Gasteiger charge is 2.39. The Morgan fingerprint density at radius 3 is 2.43 bits per heavy atom. The molecule has 2 atom stereocenters. The Morgan fingerprint density at radius 1 is 1.07 bits per heavy atom. The summed E-state index contributed by atoms with van der Waals surface area (Å²) in [4.78, 5) is 19.5. The van der Waals surface area contributed by atoms with Crippen LogP contribution in [0.15, 0.2) is 60.9 Å². The molecule has 6 heteroatoms. The fraction of sp³-hybridized carbons (Fsp3) is 0.318. The number of aromatic nitrogens is 3. The molecular formula is C22H23ClN4O. The van der Waals surface area contributed by atoms with Crippen LogP contribution in [0, 0.1) is 5.92 Å². The summed E-state index contributed by atoms with van der Waals surface area (Å²) in [7, 11) is 0. The van der Waals surface area contributed by atoms with Crippen LogP contribution in [0.2, 0.25) is 5.02 Å². The van der Waals surface area contributed by atoms with Crippen molar-refractivity contribution in [3.8, 4) is 0 Å². The van der Waals surface area contributed by atoms with Crippen molar-refractivity contribution in [3.63, 3.8) is 0 Å². The Morgan fingerprint density at radius 2 is 1.75 bits per heavy atom. The van der Waals surface area contributed by atoms with E-state index >= 15 is 0 Å². The summed E-state index contributed by atoms with van der Waals surface area (Å²) in [5.74, 6) is 0.952. The number of carbonyl (C=O) groups excluding carboxylic acids is 1. The third-order valence-corrected chi connectivity index (χ3v) is 5.37. The summed E-state index contributed by atoms with van der Waals surface area (Å²) >= 11 is 6.08.